The fourth-order valence-electron chi connectivity index (χ4n) is 3.86. The highest BCUT2D eigenvalue weighted by Gasteiger charge is 2.41. The van der Waals surface area contributed by atoms with Crippen LogP contribution >= 0.6 is 11.8 Å². The van der Waals surface area contributed by atoms with Gasteiger partial charge >= 0.3 is 0 Å². The Morgan fingerprint density at radius 3 is 2.88 bits per heavy atom. The minimum atomic E-state index is 0.0302. The van der Waals surface area contributed by atoms with Crippen molar-refractivity contribution in [3.63, 3.8) is 0 Å². The van der Waals surface area contributed by atoms with Crippen LogP contribution in [0.15, 0.2) is 34.7 Å². The van der Waals surface area contributed by atoms with E-state index in [9.17, 15) is 4.79 Å². The van der Waals surface area contributed by atoms with E-state index >= 15 is 0 Å². The van der Waals surface area contributed by atoms with Gasteiger partial charge in [-0.1, -0.05) is 48.9 Å². The second-order valence-electron chi connectivity index (χ2n) is 6.75. The number of hydrogen-bond donors (Lipinski definition) is 1. The lowest BCUT2D eigenvalue weighted by molar-refractivity contribution is -0.118. The van der Waals surface area contributed by atoms with E-state index in [1.54, 1.807) is 18.7 Å². The summed E-state index contributed by atoms with van der Waals surface area (Å²) in [6.07, 6.45) is 6.00. The van der Waals surface area contributed by atoms with Gasteiger partial charge in [0, 0.05) is 18.9 Å². The summed E-state index contributed by atoms with van der Waals surface area (Å²) >= 11 is 1.77. The molecule has 1 saturated carbocycles. The van der Waals surface area contributed by atoms with Crippen LogP contribution in [0.4, 0.5) is 0 Å². The van der Waals surface area contributed by atoms with E-state index in [0.29, 0.717) is 18.6 Å². The number of carbonyl (C=O) groups excluding carboxylic acids is 1. The smallest absolute Gasteiger partial charge is 0.216 e. The van der Waals surface area contributed by atoms with Gasteiger partial charge in [0.25, 0.3) is 0 Å². The van der Waals surface area contributed by atoms with Gasteiger partial charge < -0.3 is 10.2 Å². The zero-order valence-corrected chi connectivity index (χ0v) is 14.8. The van der Waals surface area contributed by atoms with E-state index in [2.05, 4.69) is 39.9 Å². The van der Waals surface area contributed by atoms with Gasteiger partial charge in [0.05, 0.1) is 17.8 Å². The van der Waals surface area contributed by atoms with Crippen molar-refractivity contribution in [3.05, 3.63) is 40.8 Å². The maximum Gasteiger partial charge on any atom is 0.216 e. The van der Waals surface area contributed by atoms with Crippen molar-refractivity contribution in [1.29, 1.82) is 0 Å². The van der Waals surface area contributed by atoms with Crippen LogP contribution in [0.3, 0.4) is 0 Å². The minimum Gasteiger partial charge on any atom is -0.356 e. The predicted molar refractivity (Wildman–Crippen MR) is 99.7 cm³/mol. The van der Waals surface area contributed by atoms with Crippen LogP contribution in [0.25, 0.3) is 5.70 Å². The SMILES string of the molecule is CC(=O)NCCc1ccc(C2=CSC3=N[C@@H]4CCCC[C@H]4N23)cc1. The molecule has 1 amide bonds. The van der Waals surface area contributed by atoms with Gasteiger partial charge in [-0.2, -0.15) is 0 Å². The third kappa shape index (κ3) is 2.97. The molecule has 0 unspecified atom stereocenters. The molecule has 2 aliphatic heterocycles. The largest absolute Gasteiger partial charge is 0.356 e. The molecular formula is C19H23N3OS. The zero-order valence-electron chi connectivity index (χ0n) is 14.0. The van der Waals surface area contributed by atoms with Gasteiger partial charge in [0.1, 0.15) is 0 Å². The summed E-state index contributed by atoms with van der Waals surface area (Å²) < 4.78 is 0. The molecule has 0 aromatic heterocycles. The van der Waals surface area contributed by atoms with Crippen LogP contribution < -0.4 is 5.32 Å². The van der Waals surface area contributed by atoms with Crippen LogP contribution in [0, 0.1) is 0 Å². The summed E-state index contributed by atoms with van der Waals surface area (Å²) in [6.45, 7) is 2.25. The van der Waals surface area contributed by atoms with E-state index in [1.165, 1.54) is 47.7 Å². The van der Waals surface area contributed by atoms with E-state index in [-0.39, 0.29) is 5.91 Å². The standard InChI is InChI=1S/C19H23N3OS/c1-13(23)20-11-10-14-6-8-15(9-7-14)18-12-24-19-21-16-4-2-3-5-17(16)22(18)19/h6-9,12,16-17H,2-5,10-11H2,1H3,(H,20,23)/t16-,17-/m1/s1. The van der Waals surface area contributed by atoms with Crippen LogP contribution in [0.5, 0.6) is 0 Å². The Hall–Kier alpha value is -1.75. The van der Waals surface area contributed by atoms with Gasteiger partial charge in [0.15, 0.2) is 5.17 Å². The molecule has 4 rings (SSSR count). The van der Waals surface area contributed by atoms with Crippen molar-refractivity contribution >= 4 is 28.5 Å². The molecule has 0 saturated heterocycles. The fourth-order valence-corrected chi connectivity index (χ4v) is 4.87. The Morgan fingerprint density at radius 2 is 2.08 bits per heavy atom. The number of aliphatic imine (C=N–C) groups is 1. The molecule has 5 heteroatoms. The Kier molecular flexibility index (Phi) is 4.35. The lowest BCUT2D eigenvalue weighted by Gasteiger charge is -2.32. The highest BCUT2D eigenvalue weighted by Crippen LogP contribution is 2.43. The van der Waals surface area contributed by atoms with Crippen LogP contribution in [-0.4, -0.2) is 34.6 Å². The lowest BCUT2D eigenvalue weighted by Crippen LogP contribution is -2.38. The van der Waals surface area contributed by atoms with Crippen molar-refractivity contribution in [3.8, 4) is 0 Å². The minimum absolute atomic E-state index is 0.0302. The molecule has 4 nitrogen and oxygen atoms in total. The van der Waals surface area contributed by atoms with Crippen molar-refractivity contribution in [1.82, 2.24) is 10.2 Å². The van der Waals surface area contributed by atoms with Crippen LogP contribution in [-0.2, 0) is 11.2 Å². The summed E-state index contributed by atoms with van der Waals surface area (Å²) in [7, 11) is 0. The molecule has 0 spiro atoms. The maximum atomic E-state index is 10.9. The Labute approximate surface area is 147 Å². The summed E-state index contributed by atoms with van der Waals surface area (Å²) in [4.78, 5) is 18.4. The number of amidine groups is 1. The second-order valence-corrected chi connectivity index (χ2v) is 7.59. The monoisotopic (exact) mass is 341 g/mol. The fraction of sp³-hybridized carbons (Fsp3) is 0.474. The predicted octanol–water partition coefficient (Wildman–Crippen LogP) is 3.39. The number of rotatable bonds is 4. The van der Waals surface area contributed by atoms with Gasteiger partial charge in [-0.15, -0.1) is 0 Å². The molecular weight excluding hydrogens is 318 g/mol. The molecule has 1 aromatic rings. The van der Waals surface area contributed by atoms with Crippen LogP contribution in [0.1, 0.15) is 43.7 Å². The van der Waals surface area contributed by atoms with E-state index in [0.717, 1.165) is 6.42 Å². The first kappa shape index (κ1) is 15.8. The van der Waals surface area contributed by atoms with Crippen molar-refractivity contribution < 1.29 is 4.79 Å². The zero-order chi connectivity index (χ0) is 16.5. The number of nitrogens with one attached hydrogen (secondary N) is 1. The molecule has 1 fully saturated rings. The number of carbonyl (C=O) groups is 1. The number of hydrogen-bond acceptors (Lipinski definition) is 4. The molecule has 1 aliphatic carbocycles. The molecule has 126 valence electrons. The summed E-state index contributed by atoms with van der Waals surface area (Å²) in [6, 6.07) is 9.82. The number of fused-ring (bicyclic) bond motifs is 3. The maximum absolute atomic E-state index is 10.9. The first-order valence-corrected chi connectivity index (χ1v) is 9.68. The average Bonchev–Trinajstić information content (AvgIpc) is 3.14. The molecule has 0 radical (unpaired) electrons. The normalized spacial score (nSPS) is 25.0. The van der Waals surface area contributed by atoms with E-state index < -0.39 is 0 Å². The molecule has 24 heavy (non-hydrogen) atoms. The first-order chi connectivity index (χ1) is 11.7. The molecule has 2 heterocycles. The summed E-state index contributed by atoms with van der Waals surface area (Å²) in [5.41, 5.74) is 3.83. The highest BCUT2D eigenvalue weighted by molar-refractivity contribution is 8.16. The van der Waals surface area contributed by atoms with Crippen molar-refractivity contribution in [2.75, 3.05) is 6.54 Å². The Bertz CT molecular complexity index is 695. The van der Waals surface area contributed by atoms with Gasteiger partial charge in [0.2, 0.25) is 5.91 Å². The topological polar surface area (TPSA) is 44.7 Å². The number of nitrogens with zero attached hydrogens (tertiary/aromatic N) is 2. The summed E-state index contributed by atoms with van der Waals surface area (Å²) in [5, 5.41) is 6.28. The van der Waals surface area contributed by atoms with Gasteiger partial charge in [-0.25, -0.2) is 0 Å². The summed E-state index contributed by atoms with van der Waals surface area (Å²) in [5.74, 6) is 0.0302. The molecule has 1 N–H and O–H groups in total. The lowest BCUT2D eigenvalue weighted by atomic mass is 9.90. The van der Waals surface area contributed by atoms with Crippen molar-refractivity contribution in [2.24, 2.45) is 4.99 Å². The molecule has 3 aliphatic rings. The third-order valence-electron chi connectivity index (χ3n) is 5.08. The van der Waals surface area contributed by atoms with E-state index in [4.69, 9.17) is 4.99 Å². The Balaban J connectivity index is 1.46. The quantitative estimate of drug-likeness (QED) is 0.913. The van der Waals surface area contributed by atoms with Gasteiger partial charge in [-0.3, -0.25) is 9.79 Å². The van der Waals surface area contributed by atoms with E-state index in [1.807, 2.05) is 0 Å². The molecule has 0 bridgehead atoms. The number of benzene rings is 1. The molecule has 1 aromatic carbocycles. The second kappa shape index (κ2) is 6.63. The van der Waals surface area contributed by atoms with Crippen LogP contribution in [0.2, 0.25) is 0 Å². The van der Waals surface area contributed by atoms with Crippen molar-refractivity contribution in [2.45, 2.75) is 51.1 Å². The van der Waals surface area contributed by atoms with Gasteiger partial charge in [-0.05, 0) is 30.4 Å². The number of thioether (sulfide) groups is 1. The average molecular weight is 341 g/mol. The third-order valence-corrected chi connectivity index (χ3v) is 5.93. The Morgan fingerprint density at radius 1 is 1.29 bits per heavy atom. The molecule has 2 atom stereocenters. The highest BCUT2D eigenvalue weighted by atomic mass is 32.2. The first-order valence-electron chi connectivity index (χ1n) is 8.80. The number of amides is 1.